The first-order chi connectivity index (χ1) is 8.81. The van der Waals surface area contributed by atoms with Crippen molar-refractivity contribution >= 4 is 0 Å². The zero-order valence-corrected chi connectivity index (χ0v) is 12.6. The molecule has 1 aromatic rings. The van der Waals surface area contributed by atoms with Crippen molar-refractivity contribution in [2.24, 2.45) is 16.6 Å². The van der Waals surface area contributed by atoms with Crippen LogP contribution in [0.4, 0.5) is 0 Å². The Balaban J connectivity index is 2.08. The smallest absolute Gasteiger partial charge is 0.0721 e. The van der Waals surface area contributed by atoms with Crippen LogP contribution in [0.3, 0.4) is 0 Å². The number of nitrogens with two attached hydrogens (primary N) is 1. The Kier molecular flexibility index (Phi) is 4.03. The van der Waals surface area contributed by atoms with Gasteiger partial charge < -0.3 is 10.5 Å². The minimum Gasteiger partial charge on any atom is -0.372 e. The molecule has 2 heteroatoms. The van der Waals surface area contributed by atoms with Crippen molar-refractivity contribution in [3.63, 3.8) is 0 Å². The van der Waals surface area contributed by atoms with Gasteiger partial charge in [-0.15, -0.1) is 0 Å². The van der Waals surface area contributed by atoms with Gasteiger partial charge in [-0.2, -0.15) is 0 Å². The maximum atomic E-state index is 6.29. The molecule has 1 aliphatic rings. The Labute approximate surface area is 117 Å². The second kappa shape index (κ2) is 5.26. The fourth-order valence-electron chi connectivity index (χ4n) is 3.90. The molecule has 0 aromatic heterocycles. The van der Waals surface area contributed by atoms with E-state index in [4.69, 9.17) is 10.5 Å². The van der Waals surface area contributed by atoms with Gasteiger partial charge in [-0.3, -0.25) is 0 Å². The molecule has 0 heterocycles. The Morgan fingerprint density at radius 1 is 1.05 bits per heavy atom. The Morgan fingerprint density at radius 2 is 1.58 bits per heavy atom. The number of hydrogen-bond acceptors (Lipinski definition) is 2. The van der Waals surface area contributed by atoms with Crippen LogP contribution in [-0.2, 0) is 11.3 Å². The molecule has 1 saturated carbocycles. The van der Waals surface area contributed by atoms with Crippen LogP contribution >= 0.6 is 0 Å². The summed E-state index contributed by atoms with van der Waals surface area (Å²) in [6, 6.07) is 10.7. The highest BCUT2D eigenvalue weighted by atomic mass is 16.5. The molecular weight excluding hydrogens is 234 g/mol. The predicted octanol–water partition coefficient (Wildman–Crippen LogP) is 3.75. The van der Waals surface area contributed by atoms with Crippen LogP contribution in [-0.4, -0.2) is 12.1 Å². The maximum absolute atomic E-state index is 6.29. The van der Waals surface area contributed by atoms with Crippen molar-refractivity contribution in [2.45, 2.75) is 59.3 Å². The van der Waals surface area contributed by atoms with Crippen molar-refractivity contribution < 1.29 is 4.74 Å². The number of hydrogen-bond donors (Lipinski definition) is 1. The lowest BCUT2D eigenvalue weighted by molar-refractivity contribution is -0.132. The highest BCUT2D eigenvalue weighted by Gasteiger charge is 2.47. The molecule has 2 nitrogen and oxygen atoms in total. The first-order valence-electron chi connectivity index (χ1n) is 7.22. The van der Waals surface area contributed by atoms with E-state index in [0.717, 1.165) is 12.8 Å². The third-order valence-electron chi connectivity index (χ3n) is 4.26. The molecule has 0 atom stereocenters. The Hall–Kier alpha value is -0.860. The Morgan fingerprint density at radius 3 is 2.11 bits per heavy atom. The SMILES string of the molecule is CC1(C)CC(N)CC(C)(C)C1OCc1ccccc1. The van der Waals surface area contributed by atoms with Crippen molar-refractivity contribution in [1.82, 2.24) is 0 Å². The summed E-state index contributed by atoms with van der Waals surface area (Å²) in [6.07, 6.45) is 2.33. The van der Waals surface area contributed by atoms with E-state index < -0.39 is 0 Å². The van der Waals surface area contributed by atoms with Gasteiger partial charge in [-0.25, -0.2) is 0 Å². The maximum Gasteiger partial charge on any atom is 0.0721 e. The minimum atomic E-state index is 0.135. The highest BCUT2D eigenvalue weighted by Crippen LogP contribution is 2.47. The summed E-state index contributed by atoms with van der Waals surface area (Å²) in [7, 11) is 0. The summed E-state index contributed by atoms with van der Waals surface area (Å²) in [5.41, 5.74) is 7.71. The van der Waals surface area contributed by atoms with Gasteiger partial charge in [0.05, 0.1) is 12.7 Å². The molecular formula is C17H27NO. The molecule has 19 heavy (non-hydrogen) atoms. The molecule has 2 N–H and O–H groups in total. The third kappa shape index (κ3) is 3.37. The minimum absolute atomic E-state index is 0.135. The molecule has 106 valence electrons. The monoisotopic (exact) mass is 261 g/mol. The molecule has 1 aliphatic carbocycles. The van der Waals surface area contributed by atoms with Crippen LogP contribution in [0.15, 0.2) is 30.3 Å². The van der Waals surface area contributed by atoms with Crippen LogP contribution < -0.4 is 5.73 Å². The van der Waals surface area contributed by atoms with E-state index in [1.807, 2.05) is 6.07 Å². The summed E-state index contributed by atoms with van der Waals surface area (Å²) in [5.74, 6) is 0. The third-order valence-corrected chi connectivity index (χ3v) is 4.26. The highest BCUT2D eigenvalue weighted by molar-refractivity contribution is 5.13. The zero-order chi connectivity index (χ0) is 14.1. The fourth-order valence-corrected chi connectivity index (χ4v) is 3.90. The standard InChI is InChI=1S/C17H27NO/c1-16(2)10-14(18)11-17(3,4)15(16)19-12-13-8-6-5-7-9-13/h5-9,14-15H,10-12,18H2,1-4H3. The summed E-state index contributed by atoms with van der Waals surface area (Å²) >= 11 is 0. The summed E-state index contributed by atoms with van der Waals surface area (Å²) in [4.78, 5) is 0. The van der Waals surface area contributed by atoms with E-state index in [0.29, 0.717) is 12.6 Å². The van der Waals surface area contributed by atoms with Gasteiger partial charge in [0.1, 0.15) is 0 Å². The molecule has 0 saturated heterocycles. The van der Waals surface area contributed by atoms with Crippen molar-refractivity contribution in [1.29, 1.82) is 0 Å². The van der Waals surface area contributed by atoms with Gasteiger partial charge in [0.15, 0.2) is 0 Å². The predicted molar refractivity (Wildman–Crippen MR) is 79.8 cm³/mol. The molecule has 1 aromatic carbocycles. The van der Waals surface area contributed by atoms with E-state index in [1.165, 1.54) is 5.56 Å². The van der Waals surface area contributed by atoms with Crippen molar-refractivity contribution in [3.8, 4) is 0 Å². The second-order valence-corrected chi connectivity index (χ2v) is 7.32. The van der Waals surface area contributed by atoms with E-state index in [9.17, 15) is 0 Å². The summed E-state index contributed by atoms with van der Waals surface area (Å²) in [6.45, 7) is 9.81. The van der Waals surface area contributed by atoms with Crippen molar-refractivity contribution in [2.75, 3.05) is 0 Å². The first-order valence-corrected chi connectivity index (χ1v) is 7.22. The quantitative estimate of drug-likeness (QED) is 0.899. The fraction of sp³-hybridized carbons (Fsp3) is 0.647. The van der Waals surface area contributed by atoms with Gasteiger partial charge in [0.2, 0.25) is 0 Å². The van der Waals surface area contributed by atoms with Gasteiger partial charge in [0, 0.05) is 6.04 Å². The first kappa shape index (κ1) is 14.5. The number of ether oxygens (including phenoxy) is 1. The van der Waals surface area contributed by atoms with Crippen LogP contribution in [0.1, 0.15) is 46.1 Å². The molecule has 0 unspecified atom stereocenters. The summed E-state index contributed by atoms with van der Waals surface area (Å²) in [5, 5.41) is 0. The van der Waals surface area contributed by atoms with Crippen LogP contribution in [0.2, 0.25) is 0 Å². The topological polar surface area (TPSA) is 35.2 Å². The molecule has 0 spiro atoms. The Bertz CT molecular complexity index is 393. The van der Waals surface area contributed by atoms with Crippen LogP contribution in [0.5, 0.6) is 0 Å². The zero-order valence-electron chi connectivity index (χ0n) is 12.6. The van der Waals surface area contributed by atoms with Gasteiger partial charge in [0.25, 0.3) is 0 Å². The lowest BCUT2D eigenvalue weighted by Crippen LogP contribution is -2.53. The van der Waals surface area contributed by atoms with E-state index in [1.54, 1.807) is 0 Å². The van der Waals surface area contributed by atoms with Gasteiger partial charge >= 0.3 is 0 Å². The lowest BCUT2D eigenvalue weighted by Gasteiger charge is -2.50. The number of rotatable bonds is 3. The normalized spacial score (nSPS) is 29.1. The average molecular weight is 261 g/mol. The van der Waals surface area contributed by atoms with Crippen LogP contribution in [0, 0.1) is 10.8 Å². The summed E-state index contributed by atoms with van der Waals surface area (Å²) < 4.78 is 6.29. The molecule has 0 bridgehead atoms. The van der Waals surface area contributed by atoms with E-state index >= 15 is 0 Å². The second-order valence-electron chi connectivity index (χ2n) is 7.32. The molecule has 0 radical (unpaired) electrons. The lowest BCUT2D eigenvalue weighted by atomic mass is 9.61. The molecule has 1 fully saturated rings. The van der Waals surface area contributed by atoms with E-state index in [2.05, 4.69) is 52.0 Å². The molecule has 0 aliphatic heterocycles. The van der Waals surface area contributed by atoms with Gasteiger partial charge in [-0.05, 0) is 29.2 Å². The van der Waals surface area contributed by atoms with Crippen molar-refractivity contribution in [3.05, 3.63) is 35.9 Å². The van der Waals surface area contributed by atoms with Crippen LogP contribution in [0.25, 0.3) is 0 Å². The van der Waals surface area contributed by atoms with E-state index in [-0.39, 0.29) is 16.9 Å². The largest absolute Gasteiger partial charge is 0.372 e. The molecule has 0 amide bonds. The molecule has 2 rings (SSSR count). The number of benzene rings is 1. The average Bonchev–Trinajstić information content (AvgIpc) is 2.26. The van der Waals surface area contributed by atoms with Gasteiger partial charge in [-0.1, -0.05) is 58.0 Å².